The Balaban J connectivity index is 1.39. The van der Waals surface area contributed by atoms with Crippen molar-refractivity contribution in [2.75, 3.05) is 11.9 Å². The molecule has 4 aliphatic rings. The number of allylic oxidation sites excluding steroid dienone is 2. The van der Waals surface area contributed by atoms with Crippen LogP contribution >= 0.6 is 0 Å². The maximum atomic E-state index is 13.2. The van der Waals surface area contributed by atoms with E-state index in [4.69, 9.17) is 0 Å². The second-order valence-electron chi connectivity index (χ2n) is 7.10. The molecule has 4 unspecified atom stereocenters. The van der Waals surface area contributed by atoms with Gasteiger partial charge in [0.2, 0.25) is 17.7 Å². The molecular formula is C19H18F2N2O3. The fraction of sp³-hybridized carbons (Fsp3) is 0.421. The van der Waals surface area contributed by atoms with Crippen LogP contribution in [0.3, 0.4) is 0 Å². The van der Waals surface area contributed by atoms with Gasteiger partial charge in [-0.2, -0.15) is 0 Å². The number of nitrogens with one attached hydrogen (secondary N) is 1. The van der Waals surface area contributed by atoms with E-state index in [1.807, 2.05) is 12.2 Å². The van der Waals surface area contributed by atoms with Crippen LogP contribution in [0.1, 0.15) is 19.3 Å². The van der Waals surface area contributed by atoms with Crippen molar-refractivity contribution in [3.63, 3.8) is 0 Å². The minimum absolute atomic E-state index is 0.000380. The van der Waals surface area contributed by atoms with E-state index in [0.29, 0.717) is 0 Å². The maximum Gasteiger partial charge on any atom is 0.233 e. The van der Waals surface area contributed by atoms with Gasteiger partial charge in [0.15, 0.2) is 11.6 Å². The quantitative estimate of drug-likeness (QED) is 0.663. The van der Waals surface area contributed by atoms with E-state index in [2.05, 4.69) is 5.32 Å². The predicted octanol–water partition coefficient (Wildman–Crippen LogP) is 2.49. The van der Waals surface area contributed by atoms with Crippen molar-refractivity contribution < 1.29 is 23.2 Å². The van der Waals surface area contributed by atoms with E-state index >= 15 is 0 Å². The van der Waals surface area contributed by atoms with Crippen LogP contribution < -0.4 is 5.32 Å². The highest BCUT2D eigenvalue weighted by atomic mass is 19.2. The highest BCUT2D eigenvalue weighted by molar-refractivity contribution is 6.06. The van der Waals surface area contributed by atoms with Gasteiger partial charge in [0.25, 0.3) is 0 Å². The Morgan fingerprint density at radius 3 is 2.19 bits per heavy atom. The van der Waals surface area contributed by atoms with Crippen LogP contribution in [-0.4, -0.2) is 29.2 Å². The Hall–Kier alpha value is -2.57. The van der Waals surface area contributed by atoms with Gasteiger partial charge in [-0.15, -0.1) is 0 Å². The second kappa shape index (κ2) is 6.30. The van der Waals surface area contributed by atoms with Crippen LogP contribution in [0.4, 0.5) is 14.5 Å². The molecule has 0 spiro atoms. The minimum Gasteiger partial charge on any atom is -0.326 e. The molecule has 1 aromatic rings. The summed E-state index contributed by atoms with van der Waals surface area (Å²) in [7, 11) is 0. The first-order valence-electron chi connectivity index (χ1n) is 8.74. The molecule has 5 rings (SSSR count). The summed E-state index contributed by atoms with van der Waals surface area (Å²) in [6, 6.07) is 3.06. The fourth-order valence-corrected chi connectivity index (χ4v) is 4.37. The third-order valence-corrected chi connectivity index (χ3v) is 5.62. The van der Waals surface area contributed by atoms with Gasteiger partial charge in [-0.25, -0.2) is 8.78 Å². The highest BCUT2D eigenvalue weighted by Crippen LogP contribution is 2.49. The van der Waals surface area contributed by atoms with Gasteiger partial charge in [-0.3, -0.25) is 19.3 Å². The van der Waals surface area contributed by atoms with Gasteiger partial charge in [0.1, 0.15) is 0 Å². The van der Waals surface area contributed by atoms with Crippen LogP contribution in [0.15, 0.2) is 30.4 Å². The summed E-state index contributed by atoms with van der Waals surface area (Å²) in [4.78, 5) is 38.5. The number of imide groups is 1. The molecule has 5 nitrogen and oxygen atoms in total. The summed E-state index contributed by atoms with van der Waals surface area (Å²) < 4.78 is 26.1. The van der Waals surface area contributed by atoms with Crippen LogP contribution in [0.2, 0.25) is 0 Å². The van der Waals surface area contributed by atoms with E-state index in [1.54, 1.807) is 0 Å². The fourth-order valence-electron chi connectivity index (χ4n) is 4.37. The van der Waals surface area contributed by atoms with Crippen LogP contribution in [0, 0.1) is 35.3 Å². The Morgan fingerprint density at radius 2 is 1.65 bits per heavy atom. The number of hydrogen-bond donors (Lipinski definition) is 1. The zero-order chi connectivity index (χ0) is 18.4. The molecular weight excluding hydrogens is 342 g/mol. The van der Waals surface area contributed by atoms with Crippen LogP contribution in [0.25, 0.3) is 0 Å². The number of carbonyl (C=O) groups excluding carboxylic acids is 3. The number of carbonyl (C=O) groups is 3. The van der Waals surface area contributed by atoms with Crippen molar-refractivity contribution in [1.29, 1.82) is 0 Å². The first-order chi connectivity index (χ1) is 12.5. The van der Waals surface area contributed by atoms with E-state index in [-0.39, 0.29) is 54.1 Å². The van der Waals surface area contributed by atoms with Crippen LogP contribution in [-0.2, 0) is 14.4 Å². The molecule has 1 heterocycles. The van der Waals surface area contributed by atoms with Crippen molar-refractivity contribution in [3.05, 3.63) is 42.0 Å². The molecule has 7 heteroatoms. The highest BCUT2D eigenvalue weighted by Gasteiger charge is 2.56. The molecule has 3 amide bonds. The van der Waals surface area contributed by atoms with E-state index in [1.165, 1.54) is 11.0 Å². The maximum absolute atomic E-state index is 13.2. The third kappa shape index (κ3) is 2.71. The van der Waals surface area contributed by atoms with Crippen molar-refractivity contribution >= 4 is 23.4 Å². The number of halogens is 2. The van der Waals surface area contributed by atoms with E-state index < -0.39 is 17.5 Å². The van der Waals surface area contributed by atoms with Crippen molar-refractivity contribution in [2.45, 2.75) is 19.3 Å². The lowest BCUT2D eigenvalue weighted by molar-refractivity contribution is -0.140. The number of benzene rings is 1. The summed E-state index contributed by atoms with van der Waals surface area (Å²) >= 11 is 0. The molecule has 26 heavy (non-hydrogen) atoms. The van der Waals surface area contributed by atoms with Gasteiger partial charge in [-0.05, 0) is 36.8 Å². The first-order valence-corrected chi connectivity index (χ1v) is 8.74. The SMILES string of the molecule is O=C(CCN1C(=O)C2C3C=CC(CC3)C2C1=O)Nc1ccc(F)c(F)c1. The molecule has 1 aromatic carbocycles. The molecule has 1 saturated carbocycles. The molecule has 0 radical (unpaired) electrons. The first kappa shape index (κ1) is 16.9. The lowest BCUT2D eigenvalue weighted by atomic mass is 9.63. The largest absolute Gasteiger partial charge is 0.326 e. The lowest BCUT2D eigenvalue weighted by Crippen LogP contribution is -2.38. The summed E-state index contributed by atoms with van der Waals surface area (Å²) in [6.45, 7) is -0.000380. The monoisotopic (exact) mass is 360 g/mol. The molecule has 4 atom stereocenters. The van der Waals surface area contributed by atoms with Gasteiger partial charge in [0.05, 0.1) is 11.8 Å². The Labute approximate surface area is 149 Å². The topological polar surface area (TPSA) is 66.5 Å². The number of anilines is 1. The summed E-state index contributed by atoms with van der Waals surface area (Å²) in [5, 5.41) is 2.45. The molecule has 1 saturated heterocycles. The Morgan fingerprint density at radius 1 is 1.04 bits per heavy atom. The molecule has 2 fully saturated rings. The summed E-state index contributed by atoms with van der Waals surface area (Å²) in [6.07, 6.45) is 5.84. The standard InChI is InChI=1S/C19H18F2N2O3/c20-13-6-5-12(9-14(13)21)22-15(24)7-8-23-18(25)16-10-1-2-11(4-3-10)17(16)19(23)26/h1-2,5-6,9-11,16-17H,3-4,7-8H2,(H,22,24). The van der Waals surface area contributed by atoms with Crippen molar-refractivity contribution in [1.82, 2.24) is 4.90 Å². The Kier molecular flexibility index (Phi) is 4.09. The third-order valence-electron chi connectivity index (χ3n) is 5.62. The smallest absolute Gasteiger partial charge is 0.233 e. The number of rotatable bonds is 4. The summed E-state index contributed by atoms with van der Waals surface area (Å²) in [5.74, 6) is -3.26. The van der Waals surface area contributed by atoms with Gasteiger partial charge in [0, 0.05) is 24.7 Å². The lowest BCUT2D eigenvalue weighted by Gasteiger charge is -2.38. The molecule has 2 bridgehead atoms. The van der Waals surface area contributed by atoms with Gasteiger partial charge >= 0.3 is 0 Å². The average Bonchev–Trinajstić information content (AvgIpc) is 2.90. The number of hydrogen-bond acceptors (Lipinski definition) is 3. The van der Waals surface area contributed by atoms with Crippen molar-refractivity contribution in [3.8, 4) is 0 Å². The van der Waals surface area contributed by atoms with E-state index in [9.17, 15) is 23.2 Å². The van der Waals surface area contributed by atoms with Gasteiger partial charge < -0.3 is 5.32 Å². The molecule has 1 N–H and O–H groups in total. The Bertz CT molecular complexity index is 791. The average molecular weight is 360 g/mol. The normalized spacial score (nSPS) is 29.2. The van der Waals surface area contributed by atoms with Crippen LogP contribution in [0.5, 0.6) is 0 Å². The zero-order valence-electron chi connectivity index (χ0n) is 14.0. The molecule has 0 aromatic heterocycles. The second-order valence-corrected chi connectivity index (χ2v) is 7.10. The number of amides is 3. The minimum atomic E-state index is -1.06. The zero-order valence-corrected chi connectivity index (χ0v) is 14.0. The van der Waals surface area contributed by atoms with E-state index in [0.717, 1.165) is 25.0 Å². The summed E-state index contributed by atoms with van der Waals surface area (Å²) in [5.41, 5.74) is 0.129. The van der Waals surface area contributed by atoms with Crippen molar-refractivity contribution in [2.24, 2.45) is 23.7 Å². The van der Waals surface area contributed by atoms with Gasteiger partial charge in [-0.1, -0.05) is 12.2 Å². The predicted molar refractivity (Wildman–Crippen MR) is 88.7 cm³/mol. The molecule has 3 aliphatic carbocycles. The molecule has 1 aliphatic heterocycles. The number of likely N-dealkylation sites (tertiary alicyclic amines) is 1. The molecule has 136 valence electrons. The number of nitrogens with zero attached hydrogens (tertiary/aromatic N) is 1. The number of fused-ring (bicyclic) bond motifs is 1.